The van der Waals surface area contributed by atoms with Gasteiger partial charge in [0.25, 0.3) is 10.1 Å². The maximum atomic E-state index is 11.0. The maximum absolute atomic E-state index is 11.0. The zero-order valence-electron chi connectivity index (χ0n) is 6.60. The molecule has 0 saturated heterocycles. The molecule has 0 atom stereocenters. The first-order valence-electron chi connectivity index (χ1n) is 2.85. The van der Waals surface area contributed by atoms with Gasteiger partial charge < -0.3 is 14.2 Å². The van der Waals surface area contributed by atoms with E-state index in [1.807, 2.05) is 0 Å². The van der Waals surface area contributed by atoms with Gasteiger partial charge in [-0.3, -0.25) is 0 Å². The van der Waals surface area contributed by atoms with Gasteiger partial charge in [0, 0.05) is 0 Å². The molecule has 0 aliphatic rings. The van der Waals surface area contributed by atoms with E-state index in [-0.39, 0.29) is 15.8 Å². The van der Waals surface area contributed by atoms with Crippen molar-refractivity contribution in [1.29, 1.82) is 0 Å². The monoisotopic (exact) mass is 220 g/mol. The molecule has 2 radical (unpaired) electrons. The number of benzene rings is 1. The average molecular weight is 220 g/mol. The second kappa shape index (κ2) is 6.10. The average Bonchev–Trinajstić information content (AvgIpc) is 2.06. The van der Waals surface area contributed by atoms with Crippen LogP contribution in [-0.4, -0.2) is 36.0 Å². The normalized spacial score (nSPS) is 9.54. The summed E-state index contributed by atoms with van der Waals surface area (Å²) in [6, 6.07) is 7.95. The van der Waals surface area contributed by atoms with E-state index in [1.165, 1.54) is 12.1 Å². The largest absolute Gasteiger partial charge is 0.419 e. The lowest BCUT2D eigenvalue weighted by atomic mass is 10.4. The molecule has 5 nitrogen and oxygen atoms in total. The van der Waals surface area contributed by atoms with E-state index >= 15 is 0 Å². The van der Waals surface area contributed by atoms with E-state index in [0.29, 0.717) is 0 Å². The quantitative estimate of drug-likeness (QED) is 0.586. The van der Waals surface area contributed by atoms with E-state index in [1.54, 1.807) is 34.8 Å². The third-order valence-electron chi connectivity index (χ3n) is 1.16. The van der Waals surface area contributed by atoms with Crippen LogP contribution in [0.25, 0.3) is 0 Å². The van der Waals surface area contributed by atoms with Crippen molar-refractivity contribution in [1.82, 2.24) is 0 Å². The minimum absolute atomic E-state index is 0. The smallest absolute Gasteiger partial charge is 0.405 e. The van der Waals surface area contributed by atoms with Crippen molar-refractivity contribution in [3.8, 4) is 0 Å². The predicted molar refractivity (Wildman–Crippen MR) is 47.7 cm³/mol. The van der Waals surface area contributed by atoms with Gasteiger partial charge in [-0.1, -0.05) is 18.2 Å². The minimum atomic E-state index is -3.54. The summed E-state index contributed by atoms with van der Waals surface area (Å²) >= 11 is 1.71. The molecule has 7 heteroatoms. The molecule has 0 unspecified atom stereocenters. The van der Waals surface area contributed by atoms with Gasteiger partial charge >= 0.3 is 16.6 Å². The van der Waals surface area contributed by atoms with Crippen molar-refractivity contribution >= 4 is 26.7 Å². The second-order valence-electron chi connectivity index (χ2n) is 1.86. The fourth-order valence-electron chi connectivity index (χ4n) is 0.643. The second-order valence-corrected chi connectivity index (χ2v) is 4.01. The third-order valence-corrected chi connectivity index (χ3v) is 3.02. The first-order valence-corrected chi connectivity index (χ1v) is 4.73. The van der Waals surface area contributed by atoms with Gasteiger partial charge in [0.05, 0.1) is 4.90 Å². The molecule has 0 spiro atoms. The highest BCUT2D eigenvalue weighted by Crippen LogP contribution is 2.08. The van der Waals surface area contributed by atoms with Crippen LogP contribution < -0.4 is 0 Å². The van der Waals surface area contributed by atoms with Gasteiger partial charge in [0.1, 0.15) is 0 Å². The van der Waals surface area contributed by atoms with Gasteiger partial charge in [-0.05, 0) is 12.1 Å². The van der Waals surface area contributed by atoms with Gasteiger partial charge in [0.15, 0.2) is 0 Å². The van der Waals surface area contributed by atoms with Gasteiger partial charge in [0.2, 0.25) is 0 Å². The van der Waals surface area contributed by atoms with Crippen LogP contribution in [0.5, 0.6) is 0 Å². The summed E-state index contributed by atoms with van der Waals surface area (Å²) < 4.78 is 26.1. The lowest BCUT2D eigenvalue weighted by Gasteiger charge is -2.00. The topological polar surface area (TPSA) is 106 Å². The molecule has 72 valence electrons. The van der Waals surface area contributed by atoms with Crippen molar-refractivity contribution in [2.75, 3.05) is 0 Å². The van der Waals surface area contributed by atoms with E-state index in [4.69, 9.17) is 0 Å². The van der Waals surface area contributed by atoms with Crippen molar-refractivity contribution < 1.29 is 22.6 Å². The number of hydrogen-bond acceptors (Lipinski definition) is 3. The third kappa shape index (κ3) is 3.87. The Kier molecular flexibility index (Phi) is 7.07. The van der Waals surface area contributed by atoms with Crippen LogP contribution in [0.3, 0.4) is 0 Å². The van der Waals surface area contributed by atoms with Crippen molar-refractivity contribution in [3.05, 3.63) is 30.3 Å². The summed E-state index contributed by atoms with van der Waals surface area (Å²) in [6.07, 6.45) is 0. The van der Waals surface area contributed by atoms with Gasteiger partial charge in [-0.2, -0.15) is 8.42 Å². The molecule has 0 bridgehead atoms. The lowest BCUT2D eigenvalue weighted by Crippen LogP contribution is -2.02. The molecular formula is C6H9AlO5S. The highest BCUT2D eigenvalue weighted by atomic mass is 32.2. The predicted octanol–water partition coefficient (Wildman–Crippen LogP) is -1.17. The van der Waals surface area contributed by atoms with Crippen LogP contribution in [0.2, 0.25) is 0 Å². The fourth-order valence-corrected chi connectivity index (χ4v) is 1.58. The molecule has 0 saturated carbocycles. The Balaban J connectivity index is 0. The first-order chi connectivity index (χ1) is 5.17. The Morgan fingerprint density at radius 3 is 1.92 bits per heavy atom. The molecule has 1 aromatic carbocycles. The summed E-state index contributed by atoms with van der Waals surface area (Å²) in [6.45, 7) is 0. The van der Waals surface area contributed by atoms with Gasteiger partial charge in [-0.25, -0.2) is 0 Å². The number of hydrogen-bond donors (Lipinski definition) is 0. The molecule has 0 aliphatic heterocycles. The summed E-state index contributed by atoms with van der Waals surface area (Å²) in [4.78, 5) is 0.162. The van der Waals surface area contributed by atoms with Crippen LogP contribution in [-0.2, 0) is 13.4 Å². The summed E-state index contributed by atoms with van der Waals surface area (Å²) in [5, 5.41) is 0. The molecule has 4 N–H and O–H groups in total. The van der Waals surface area contributed by atoms with Crippen LogP contribution in [0, 0.1) is 0 Å². The molecule has 0 aromatic heterocycles. The van der Waals surface area contributed by atoms with Crippen LogP contribution in [0.4, 0.5) is 0 Å². The maximum Gasteiger partial charge on any atom is 0.405 e. The zero-order chi connectivity index (χ0) is 8.32. The fraction of sp³-hybridized carbons (Fsp3) is 0. The van der Waals surface area contributed by atoms with Crippen LogP contribution in [0.15, 0.2) is 35.2 Å². The Morgan fingerprint density at radius 2 is 1.54 bits per heavy atom. The van der Waals surface area contributed by atoms with E-state index in [2.05, 4.69) is 3.23 Å². The molecule has 0 aliphatic carbocycles. The van der Waals surface area contributed by atoms with E-state index in [0.717, 1.165) is 0 Å². The Bertz CT molecular complexity index is 322. The lowest BCUT2D eigenvalue weighted by molar-refractivity contribution is 0.508. The van der Waals surface area contributed by atoms with Crippen molar-refractivity contribution in [3.63, 3.8) is 0 Å². The summed E-state index contributed by atoms with van der Waals surface area (Å²) in [5.74, 6) is 0. The molecule has 1 aromatic rings. The van der Waals surface area contributed by atoms with Crippen molar-refractivity contribution in [2.45, 2.75) is 4.90 Å². The summed E-state index contributed by atoms with van der Waals surface area (Å²) in [5.41, 5.74) is 0. The molecule has 13 heavy (non-hydrogen) atoms. The Labute approximate surface area is 84.8 Å². The standard InChI is InChI=1S/C6H6O3S.Al.2H2O/c7-10(8,9)6-4-2-1-3-5-6;;;/h1-5H,(H,7,8,9);;2*1H2/q;+1;;/p-1. The first kappa shape index (κ1) is 15.1. The zero-order valence-corrected chi connectivity index (χ0v) is 8.57. The Morgan fingerprint density at radius 1 is 1.08 bits per heavy atom. The van der Waals surface area contributed by atoms with Crippen LogP contribution >= 0.6 is 0 Å². The number of rotatable bonds is 2. The van der Waals surface area contributed by atoms with Gasteiger partial charge in [-0.15, -0.1) is 0 Å². The molecule has 0 amide bonds. The molecule has 0 heterocycles. The minimum Gasteiger partial charge on any atom is -0.419 e. The molecular weight excluding hydrogens is 211 g/mol. The Hall–Kier alpha value is -0.418. The van der Waals surface area contributed by atoms with E-state index < -0.39 is 10.1 Å². The molecule has 1 rings (SSSR count). The molecule has 0 fully saturated rings. The highest BCUT2D eigenvalue weighted by Gasteiger charge is 2.08. The van der Waals surface area contributed by atoms with Crippen LogP contribution in [0.1, 0.15) is 0 Å². The highest BCUT2D eigenvalue weighted by molar-refractivity contribution is 7.87. The summed E-state index contributed by atoms with van der Waals surface area (Å²) in [7, 11) is -3.54. The SMILES string of the molecule is O.O.O=S(=O)([O][Al])c1ccccc1. The van der Waals surface area contributed by atoms with Crippen molar-refractivity contribution in [2.24, 2.45) is 0 Å². The van der Waals surface area contributed by atoms with E-state index in [9.17, 15) is 8.42 Å².